The van der Waals surface area contributed by atoms with Gasteiger partial charge in [-0.15, -0.1) is 0 Å². The summed E-state index contributed by atoms with van der Waals surface area (Å²) in [6.07, 6.45) is -7.21. The van der Waals surface area contributed by atoms with Crippen LogP contribution in [0.3, 0.4) is 0 Å². The molecule has 3 fully saturated rings. The Hall–Kier alpha value is -4.84. The number of hydrogen-bond donors (Lipinski definition) is 6. The molecule has 0 saturated carbocycles. The normalized spacial score (nSPS) is 37.2. The maximum atomic E-state index is 14.6. The number of esters is 1. The quantitative estimate of drug-likeness (QED) is 0.0649. The molecule has 1 aromatic carbocycles. The van der Waals surface area contributed by atoms with Crippen molar-refractivity contribution < 1.29 is 82.6 Å². The first-order valence-electron chi connectivity index (χ1n) is 28.9. The average Bonchev–Trinajstić information content (AvgIpc) is 3.62. The molecule has 4 aliphatic heterocycles. The lowest BCUT2D eigenvalue weighted by molar-refractivity contribution is -0.317. The first kappa shape index (κ1) is 66.3. The number of aliphatic hydroxyl groups excluding tert-OH is 2. The molecule has 19 atom stereocenters. The molecule has 2 aromatic rings. The number of carbonyl (C=O) groups is 3. The van der Waals surface area contributed by atoms with Crippen LogP contribution < -0.4 is 10.7 Å². The van der Waals surface area contributed by atoms with Crippen LogP contribution in [0.4, 0.5) is 4.79 Å². The zero-order valence-corrected chi connectivity index (χ0v) is 50.3. The summed E-state index contributed by atoms with van der Waals surface area (Å²) in [6.45, 7) is 18.8. The Balaban J connectivity index is 1.18. The Morgan fingerprint density at radius 2 is 1.68 bits per heavy atom. The lowest BCUT2D eigenvalue weighted by Gasteiger charge is -2.49. The van der Waals surface area contributed by atoms with E-state index >= 15 is 0 Å². The van der Waals surface area contributed by atoms with Crippen molar-refractivity contribution in [3.8, 4) is 6.07 Å². The van der Waals surface area contributed by atoms with Gasteiger partial charge in [-0.2, -0.15) is 5.26 Å². The number of carboxylic acid groups (broad SMARTS) is 1. The van der Waals surface area contributed by atoms with Crippen LogP contribution in [-0.4, -0.2) is 191 Å². The van der Waals surface area contributed by atoms with Crippen LogP contribution in [0.2, 0.25) is 0 Å². The zero-order valence-electron chi connectivity index (χ0n) is 50.3. The smallest absolute Gasteiger partial charge is 0.407 e. The second-order valence-electron chi connectivity index (χ2n) is 24.2. The fraction of sp³-hybridized carbons (Fsp3) is 0.763. The van der Waals surface area contributed by atoms with Gasteiger partial charge in [-0.3, -0.25) is 9.59 Å². The summed E-state index contributed by atoms with van der Waals surface area (Å²) >= 11 is 0. The van der Waals surface area contributed by atoms with E-state index in [2.05, 4.69) is 16.5 Å². The predicted octanol–water partition coefficient (Wildman–Crippen LogP) is 5.02. The third kappa shape index (κ3) is 15.0. The summed E-state index contributed by atoms with van der Waals surface area (Å²) in [5, 5.41) is 75.2. The Kier molecular flexibility index (Phi) is 22.6. The second-order valence-corrected chi connectivity index (χ2v) is 24.2. The molecule has 0 radical (unpaired) electrons. The summed E-state index contributed by atoms with van der Waals surface area (Å²) < 4.78 is 52.4. The van der Waals surface area contributed by atoms with Crippen LogP contribution >= 0.6 is 0 Å². The van der Waals surface area contributed by atoms with E-state index in [-0.39, 0.29) is 55.8 Å². The number of carboxylic acids is 1. The molecule has 3 saturated heterocycles. The number of methoxy groups -OCH3 is 1. The van der Waals surface area contributed by atoms with Crippen molar-refractivity contribution in [2.75, 3.05) is 47.6 Å². The van der Waals surface area contributed by atoms with Gasteiger partial charge in [0.15, 0.2) is 18.7 Å². The van der Waals surface area contributed by atoms with Crippen molar-refractivity contribution in [3.63, 3.8) is 0 Å². The first-order valence-corrected chi connectivity index (χ1v) is 28.9. The Labute approximate surface area is 481 Å². The van der Waals surface area contributed by atoms with E-state index in [0.29, 0.717) is 31.3 Å². The van der Waals surface area contributed by atoms with Gasteiger partial charge in [-0.05, 0) is 125 Å². The number of cyclic esters (lactones) is 1. The molecule has 6 N–H and O–H groups in total. The van der Waals surface area contributed by atoms with Crippen molar-refractivity contribution in [3.05, 3.63) is 45.2 Å². The number of pyridine rings is 1. The number of aryl methyl sites for hydroxylation is 2. The highest BCUT2D eigenvalue weighted by Gasteiger charge is 2.54. The summed E-state index contributed by atoms with van der Waals surface area (Å²) in [4.78, 5) is 60.4. The molecule has 5 heterocycles. The molecule has 2 unspecified atom stereocenters. The lowest BCUT2D eigenvalue weighted by Crippen LogP contribution is -2.61. The SMILES string of the molecule is CC[C@H]1OC(=O)[C@H](C)[C@@H](O[C@H]2C[C@@](C)(OC)[C@@H](OC(=O)NCCOCCCc3cc4c5c(c3)c(=O)c(C(=O)O)cn5C(C)CC4)[C@H](C)O2)[C@H](C)[C@@H](OC2O[C@H](C)C[C@H](N(C)C)[C@H]2O)[C@](C)(O)C[C@@H](C)/C(=N\OCC#N)[C@H](C)[C@@H](O)[C@]1(C)O. The van der Waals surface area contributed by atoms with E-state index in [1.54, 1.807) is 61.5 Å². The third-order valence-corrected chi connectivity index (χ3v) is 17.4. The summed E-state index contributed by atoms with van der Waals surface area (Å²) in [6, 6.07) is 5.40. The number of carbonyl (C=O) groups excluding carboxylic acids is 2. The number of aromatic carboxylic acids is 1. The molecule has 1 amide bonds. The number of nitrogens with zero attached hydrogens (tertiary/aromatic N) is 4. The van der Waals surface area contributed by atoms with Gasteiger partial charge < -0.3 is 83.0 Å². The molecule has 6 rings (SSSR count). The van der Waals surface area contributed by atoms with Gasteiger partial charge in [0.05, 0.1) is 59.9 Å². The van der Waals surface area contributed by atoms with E-state index in [1.807, 2.05) is 43.5 Å². The molecule has 1 aromatic heterocycles. The van der Waals surface area contributed by atoms with Gasteiger partial charge in [0.25, 0.3) is 0 Å². The number of aromatic nitrogens is 1. The van der Waals surface area contributed by atoms with Crippen molar-refractivity contribution in [1.82, 2.24) is 14.8 Å². The third-order valence-electron chi connectivity index (χ3n) is 17.4. The number of nitrogens with one attached hydrogen (secondary N) is 1. The molecule has 0 bridgehead atoms. The largest absolute Gasteiger partial charge is 0.477 e. The molecule has 0 aliphatic carbocycles. The molecule has 23 heteroatoms. The van der Waals surface area contributed by atoms with E-state index in [0.717, 1.165) is 29.5 Å². The molecule has 82 heavy (non-hydrogen) atoms. The topological polar surface area (TPSA) is 309 Å². The number of amides is 1. The zero-order chi connectivity index (χ0) is 60.8. The molecular weight excluding hydrogens is 1070 g/mol. The van der Waals surface area contributed by atoms with Crippen LogP contribution in [0.25, 0.3) is 10.9 Å². The minimum Gasteiger partial charge on any atom is -0.477 e. The molecule has 23 nitrogen and oxygen atoms in total. The minimum atomic E-state index is -2.05. The fourth-order valence-corrected chi connectivity index (χ4v) is 12.8. The average molecular weight is 1160 g/mol. The van der Waals surface area contributed by atoms with E-state index < -0.39 is 132 Å². The van der Waals surface area contributed by atoms with Crippen molar-refractivity contribution in [2.45, 2.75) is 218 Å². The van der Waals surface area contributed by atoms with E-state index in [1.165, 1.54) is 20.2 Å². The minimum absolute atomic E-state index is 0.0289. The number of rotatable bonds is 18. The number of alkyl carbamates (subject to hydrolysis) is 1. The van der Waals surface area contributed by atoms with Crippen LogP contribution in [0, 0.1) is 35.0 Å². The number of ether oxygens (including phenoxy) is 8. The van der Waals surface area contributed by atoms with E-state index in [4.69, 9.17) is 42.7 Å². The number of aliphatic hydroxyl groups is 4. The van der Waals surface area contributed by atoms with Crippen LogP contribution in [0.1, 0.15) is 142 Å². The Bertz CT molecular complexity index is 2660. The van der Waals surface area contributed by atoms with Gasteiger partial charge >= 0.3 is 18.0 Å². The monoisotopic (exact) mass is 1160 g/mol. The summed E-state index contributed by atoms with van der Waals surface area (Å²) in [5.74, 6) is -5.85. The summed E-state index contributed by atoms with van der Waals surface area (Å²) in [7, 11) is 5.14. The maximum Gasteiger partial charge on any atom is 0.407 e. The van der Waals surface area contributed by atoms with Crippen molar-refractivity contribution >= 4 is 34.6 Å². The highest BCUT2D eigenvalue weighted by atomic mass is 16.7. The Morgan fingerprint density at radius 3 is 2.33 bits per heavy atom. The van der Waals surface area contributed by atoms with E-state index in [9.17, 15) is 50.0 Å². The van der Waals surface area contributed by atoms with Gasteiger partial charge in [-0.25, -0.2) is 9.59 Å². The number of benzene rings is 1. The lowest BCUT2D eigenvalue weighted by atomic mass is 9.73. The molecule has 460 valence electrons. The van der Waals surface area contributed by atoms with Gasteiger partial charge in [0.2, 0.25) is 12.0 Å². The highest BCUT2D eigenvalue weighted by Crippen LogP contribution is 2.42. The number of nitriles is 1. The standard InChI is InChI=1S/C59H91N5O18/c1-15-43-59(11,73)50(67)34(5)45(62-76-23-20-60)31(2)28-57(9,72)51(81-55-48(66)42(63(12)13)25-33(4)77-55)35(6)49(36(7)54(70)79-43)80-44-29-58(10,74-14)52(37(8)78-44)82-56(71)61-21-24-75-22-16-17-38-26-39-19-18-32(3)64-30-41(53(68)69)47(65)40(27-38)46(39)64/h26-27,30-37,42-44,48-52,55,66-67,72-73H,15-19,21-25,28-29H2,1-14H3,(H,61,71)(H,68,69)/b62-45+/t31-,32?,33-,34+,35+,36-,37+,42+,43-,44+,48-,49+,50-,51-,52+,55?,57-,58-,59-/m1/s1. The number of oxime groups is 1. The van der Waals surface area contributed by atoms with Crippen LogP contribution in [0.5, 0.6) is 0 Å². The first-order chi connectivity index (χ1) is 38.5. The van der Waals surface area contributed by atoms with Crippen LogP contribution in [0.15, 0.2) is 28.3 Å². The van der Waals surface area contributed by atoms with Crippen molar-refractivity contribution in [1.29, 1.82) is 5.26 Å². The number of likely N-dealkylation sites (N-methyl/N-ethyl adjacent to an activating group) is 1. The van der Waals surface area contributed by atoms with Gasteiger partial charge in [0.1, 0.15) is 35.0 Å². The summed E-state index contributed by atoms with van der Waals surface area (Å²) in [5.41, 5.74) is -2.98. The highest BCUT2D eigenvalue weighted by molar-refractivity contribution is 5.94. The maximum absolute atomic E-state index is 14.6. The number of hydrogen-bond acceptors (Lipinski definition) is 20. The van der Waals surface area contributed by atoms with Gasteiger partial charge in [0, 0.05) is 68.1 Å². The van der Waals surface area contributed by atoms with Crippen molar-refractivity contribution in [2.24, 2.45) is 28.8 Å². The molecular formula is C59H91N5O18. The molecule has 4 aliphatic rings. The second kappa shape index (κ2) is 27.9. The Morgan fingerprint density at radius 1 is 0.976 bits per heavy atom. The molecule has 0 spiro atoms. The predicted molar refractivity (Wildman–Crippen MR) is 300 cm³/mol. The fourth-order valence-electron chi connectivity index (χ4n) is 12.8. The van der Waals surface area contributed by atoms with Gasteiger partial charge in [-0.1, -0.05) is 38.9 Å². The van der Waals surface area contributed by atoms with Crippen LogP contribution in [-0.2, 0) is 60.4 Å².